The molecule has 4 unspecified atom stereocenters. The van der Waals surface area contributed by atoms with Crippen LogP contribution in [-0.4, -0.2) is 124 Å². The fourth-order valence-electron chi connectivity index (χ4n) is 7.37. The normalized spacial score (nSPS) is 41.5. The summed E-state index contributed by atoms with van der Waals surface area (Å²) in [6, 6.07) is 3.45. The van der Waals surface area contributed by atoms with Crippen LogP contribution in [0.1, 0.15) is 87.3 Å². The second kappa shape index (κ2) is 16.7. The molecule has 1 aromatic heterocycles. The van der Waals surface area contributed by atoms with E-state index in [9.17, 15) is 24.9 Å². The van der Waals surface area contributed by atoms with E-state index in [2.05, 4.69) is 15.2 Å². The minimum atomic E-state index is -1.90. The van der Waals surface area contributed by atoms with Crippen LogP contribution in [0.15, 0.2) is 28.5 Å². The Labute approximate surface area is 291 Å². The quantitative estimate of drug-likeness (QED) is 0.144. The number of ketones is 1. The summed E-state index contributed by atoms with van der Waals surface area (Å²) in [6.07, 6.45) is -3.16. The number of carbonyl (C=O) groups excluding carboxylic acids is 2. The van der Waals surface area contributed by atoms with Gasteiger partial charge in [0, 0.05) is 36.9 Å². The molecule has 0 saturated carbocycles. The predicted molar refractivity (Wildman–Crippen MR) is 186 cm³/mol. The van der Waals surface area contributed by atoms with Gasteiger partial charge in [-0.3, -0.25) is 9.59 Å². The third-order valence-corrected chi connectivity index (χ3v) is 10.6. The van der Waals surface area contributed by atoms with Crippen molar-refractivity contribution in [3.8, 4) is 0 Å². The van der Waals surface area contributed by atoms with Crippen molar-refractivity contribution in [2.24, 2.45) is 33.9 Å². The number of aliphatic hydroxyl groups excluding tert-OH is 2. The van der Waals surface area contributed by atoms with Gasteiger partial charge in [-0.1, -0.05) is 27.7 Å². The summed E-state index contributed by atoms with van der Waals surface area (Å²) in [7, 11) is 5.27. The van der Waals surface area contributed by atoms with Crippen molar-refractivity contribution in [1.29, 1.82) is 0 Å². The number of aromatic amines is 1. The SMILES string of the molecule is CC[C@H]1OC(=O)[C@H](C)C(=O)[C@H](C)[C@@H](OC2OC(C)CC(N(C)C)C2O)[C@](C)(OC)C[C@@H](C)/C(=N\N=C(/C)c2ccc[nH]2)[C@H](C)[C@@H](O)[C@]1(C)O. The average molecular weight is 693 g/mol. The number of rotatable bonds is 7. The Morgan fingerprint density at radius 1 is 1.12 bits per heavy atom. The first kappa shape index (κ1) is 40.9. The molecule has 13 nitrogen and oxygen atoms in total. The Hall–Kier alpha value is -2.52. The molecule has 2 aliphatic heterocycles. The van der Waals surface area contributed by atoms with Gasteiger partial charge in [-0.2, -0.15) is 10.2 Å². The number of carbonyl (C=O) groups is 2. The molecule has 1 aromatic rings. The first-order valence-electron chi connectivity index (χ1n) is 17.4. The van der Waals surface area contributed by atoms with Crippen LogP contribution < -0.4 is 0 Å². The van der Waals surface area contributed by atoms with E-state index in [0.29, 0.717) is 17.8 Å². The van der Waals surface area contributed by atoms with Gasteiger partial charge in [0.2, 0.25) is 0 Å². The van der Waals surface area contributed by atoms with E-state index >= 15 is 0 Å². The maximum Gasteiger partial charge on any atom is 0.316 e. The number of aliphatic hydroxyl groups is 3. The summed E-state index contributed by atoms with van der Waals surface area (Å²) in [5.74, 6) is -4.65. The van der Waals surface area contributed by atoms with E-state index in [4.69, 9.17) is 18.9 Å². The Morgan fingerprint density at radius 2 is 1.78 bits per heavy atom. The van der Waals surface area contributed by atoms with Crippen LogP contribution in [0.25, 0.3) is 0 Å². The highest BCUT2D eigenvalue weighted by Crippen LogP contribution is 2.38. The van der Waals surface area contributed by atoms with Crippen molar-refractivity contribution in [3.63, 3.8) is 0 Å². The number of Topliss-reactive ketones (excluding diaryl/α,β-unsaturated/α-hetero) is 1. The van der Waals surface area contributed by atoms with E-state index < -0.39 is 77.3 Å². The molecule has 0 aliphatic carbocycles. The number of hydrogen-bond donors (Lipinski definition) is 4. The number of methoxy groups -OCH3 is 1. The van der Waals surface area contributed by atoms with Crippen LogP contribution in [-0.2, 0) is 28.5 Å². The van der Waals surface area contributed by atoms with Gasteiger partial charge in [-0.05, 0) is 86.0 Å². The van der Waals surface area contributed by atoms with Crippen molar-refractivity contribution in [1.82, 2.24) is 9.88 Å². The Morgan fingerprint density at radius 3 is 2.33 bits per heavy atom. The predicted octanol–water partition coefficient (Wildman–Crippen LogP) is 3.35. The summed E-state index contributed by atoms with van der Waals surface area (Å²) in [5.41, 5.74) is -1.27. The summed E-state index contributed by atoms with van der Waals surface area (Å²) in [6.45, 7) is 15.5. The standard InChI is InChI=1S/C36H60N4O9/c1-13-27-36(9,45)31(43)21(4)28(39-38-24(7)25-15-14-16-37-25)19(2)18-35(8,46-12)32(22(5)29(41)23(6)33(44)48-27)49-34-30(42)26(40(10)11)17-20(3)47-34/h14-16,19-23,26-27,30-32,34,37,42-43,45H,13,17-18H2,1-12H3/b38-24+,39-28+/t19-,20?,21+,22+,23-,26?,27-,30?,31-,32-,34?,35-,36-/m1/s1. The molecule has 3 heterocycles. The first-order valence-corrected chi connectivity index (χ1v) is 17.4. The van der Waals surface area contributed by atoms with E-state index in [0.717, 1.165) is 5.69 Å². The van der Waals surface area contributed by atoms with Crippen molar-refractivity contribution in [2.75, 3.05) is 21.2 Å². The number of aromatic nitrogens is 1. The van der Waals surface area contributed by atoms with Gasteiger partial charge in [0.25, 0.3) is 0 Å². The molecule has 2 saturated heterocycles. The number of esters is 1. The van der Waals surface area contributed by atoms with Crippen LogP contribution in [0, 0.1) is 23.7 Å². The third-order valence-electron chi connectivity index (χ3n) is 10.6. The van der Waals surface area contributed by atoms with Crippen LogP contribution in [0.2, 0.25) is 0 Å². The highest BCUT2D eigenvalue weighted by Gasteiger charge is 2.51. The van der Waals surface area contributed by atoms with Crippen molar-refractivity contribution < 1.29 is 43.9 Å². The van der Waals surface area contributed by atoms with Crippen molar-refractivity contribution >= 4 is 23.2 Å². The molecule has 49 heavy (non-hydrogen) atoms. The first-order chi connectivity index (χ1) is 22.8. The number of nitrogens with zero attached hydrogens (tertiary/aromatic N) is 3. The van der Waals surface area contributed by atoms with E-state index in [1.165, 1.54) is 21.0 Å². The van der Waals surface area contributed by atoms with Crippen LogP contribution in [0.4, 0.5) is 0 Å². The third kappa shape index (κ3) is 9.05. The van der Waals surface area contributed by atoms with Crippen molar-refractivity contribution in [3.05, 3.63) is 24.0 Å². The molecule has 13 heteroatoms. The Kier molecular flexibility index (Phi) is 13.9. The zero-order valence-electron chi connectivity index (χ0n) is 31.3. The molecule has 4 N–H and O–H groups in total. The molecule has 0 amide bonds. The van der Waals surface area contributed by atoms with Gasteiger partial charge in [0.1, 0.15) is 23.7 Å². The lowest BCUT2D eigenvalue weighted by molar-refractivity contribution is -0.295. The van der Waals surface area contributed by atoms with Crippen molar-refractivity contribution in [2.45, 2.75) is 136 Å². The molecule has 3 rings (SSSR count). The lowest BCUT2D eigenvalue weighted by atomic mass is 9.74. The fraction of sp³-hybridized carbons (Fsp3) is 0.778. The molecule has 2 aliphatic rings. The lowest BCUT2D eigenvalue weighted by Crippen LogP contribution is -2.60. The Bertz CT molecular complexity index is 1320. The molecule has 0 spiro atoms. The number of hydrogen-bond acceptors (Lipinski definition) is 12. The van der Waals surface area contributed by atoms with Crippen LogP contribution in [0.3, 0.4) is 0 Å². The number of H-pyrrole nitrogens is 1. The number of ether oxygens (including phenoxy) is 4. The topological polar surface area (TPSA) is 176 Å². The second-order valence-corrected chi connectivity index (χ2v) is 14.8. The molecular weight excluding hydrogens is 632 g/mol. The molecular formula is C36H60N4O9. The summed E-state index contributed by atoms with van der Waals surface area (Å²) in [5, 5.41) is 44.0. The van der Waals surface area contributed by atoms with E-state index in [-0.39, 0.29) is 25.0 Å². The minimum Gasteiger partial charge on any atom is -0.459 e. The van der Waals surface area contributed by atoms with Crippen LogP contribution in [0.5, 0.6) is 0 Å². The van der Waals surface area contributed by atoms with Gasteiger partial charge >= 0.3 is 5.97 Å². The number of cyclic esters (lactones) is 1. The van der Waals surface area contributed by atoms with Gasteiger partial charge < -0.3 is 44.2 Å². The fourth-order valence-corrected chi connectivity index (χ4v) is 7.37. The van der Waals surface area contributed by atoms with E-state index in [1.807, 2.05) is 58.8 Å². The highest BCUT2D eigenvalue weighted by molar-refractivity contribution is 6.00. The lowest BCUT2D eigenvalue weighted by Gasteiger charge is -2.47. The molecule has 0 radical (unpaired) electrons. The summed E-state index contributed by atoms with van der Waals surface area (Å²) in [4.78, 5) is 32.6. The monoisotopic (exact) mass is 692 g/mol. The largest absolute Gasteiger partial charge is 0.459 e. The van der Waals surface area contributed by atoms with Gasteiger partial charge in [0.15, 0.2) is 12.1 Å². The smallest absolute Gasteiger partial charge is 0.316 e. The zero-order valence-corrected chi connectivity index (χ0v) is 31.3. The highest BCUT2D eigenvalue weighted by atomic mass is 16.7. The van der Waals surface area contributed by atoms with Crippen LogP contribution >= 0.6 is 0 Å². The Balaban J connectivity index is 2.20. The van der Waals surface area contributed by atoms with Gasteiger partial charge in [-0.25, -0.2) is 0 Å². The average Bonchev–Trinajstić information content (AvgIpc) is 3.60. The molecule has 2 fully saturated rings. The second-order valence-electron chi connectivity index (χ2n) is 14.8. The number of likely N-dealkylation sites (N-methyl/N-ethyl adjacent to an activating group) is 1. The summed E-state index contributed by atoms with van der Waals surface area (Å²) >= 11 is 0. The molecule has 13 atom stereocenters. The molecule has 0 aromatic carbocycles. The van der Waals surface area contributed by atoms with E-state index in [1.54, 1.807) is 27.0 Å². The maximum atomic E-state index is 14.1. The minimum absolute atomic E-state index is 0.181. The number of nitrogens with one attached hydrogen (secondary N) is 1. The van der Waals surface area contributed by atoms with Gasteiger partial charge in [0.05, 0.1) is 35.3 Å². The summed E-state index contributed by atoms with van der Waals surface area (Å²) < 4.78 is 24.7. The molecule has 278 valence electrons. The maximum absolute atomic E-state index is 14.1. The molecule has 0 bridgehead atoms. The van der Waals surface area contributed by atoms with Gasteiger partial charge in [-0.15, -0.1) is 0 Å². The zero-order chi connectivity index (χ0) is 37.0.